The maximum absolute atomic E-state index is 12.1. The monoisotopic (exact) mass is 339 g/mol. The first-order chi connectivity index (χ1) is 12.2. The van der Waals surface area contributed by atoms with Crippen LogP contribution in [0.3, 0.4) is 0 Å². The Morgan fingerprint density at radius 1 is 1.40 bits per heavy atom. The van der Waals surface area contributed by atoms with Crippen molar-refractivity contribution in [3.8, 4) is 17.7 Å². The van der Waals surface area contributed by atoms with Crippen LogP contribution < -0.4 is 14.8 Å². The van der Waals surface area contributed by atoms with Crippen LogP contribution >= 0.6 is 0 Å². The van der Waals surface area contributed by atoms with Crippen molar-refractivity contribution >= 4 is 22.9 Å². The van der Waals surface area contributed by atoms with Gasteiger partial charge in [-0.3, -0.25) is 5.32 Å². The van der Waals surface area contributed by atoms with Gasteiger partial charge in [0.1, 0.15) is 23.7 Å². The Morgan fingerprint density at radius 2 is 2.24 bits per heavy atom. The second kappa shape index (κ2) is 6.84. The topological polar surface area (TPSA) is 123 Å². The molecule has 0 bridgehead atoms. The number of nitrogens with zero attached hydrogens (tertiary/aromatic N) is 4. The third-order valence-electron chi connectivity index (χ3n) is 3.34. The van der Waals surface area contributed by atoms with Gasteiger partial charge < -0.3 is 13.9 Å². The van der Waals surface area contributed by atoms with Crippen LogP contribution in [0.25, 0.3) is 11.0 Å². The molecule has 0 unspecified atom stereocenters. The van der Waals surface area contributed by atoms with Crippen LogP contribution in [-0.4, -0.2) is 28.2 Å². The Labute approximate surface area is 142 Å². The number of methoxy groups -OCH3 is 1. The first-order valence-corrected chi connectivity index (χ1v) is 7.30. The number of anilines is 1. The number of carbonyl (C=O) groups is 1. The van der Waals surface area contributed by atoms with Crippen molar-refractivity contribution in [3.05, 3.63) is 36.1 Å². The lowest BCUT2D eigenvalue weighted by Crippen LogP contribution is -2.18. The summed E-state index contributed by atoms with van der Waals surface area (Å²) >= 11 is 0. The fraction of sp³-hybridized carbons (Fsp3) is 0.188. The molecule has 0 fully saturated rings. The Hall–Kier alpha value is -3.67. The summed E-state index contributed by atoms with van der Waals surface area (Å²) in [6.45, 7) is 1.93. The maximum Gasteiger partial charge on any atom is 0.418 e. The van der Waals surface area contributed by atoms with Gasteiger partial charge in [0.15, 0.2) is 17.2 Å². The molecule has 0 saturated heterocycles. The molecule has 0 radical (unpaired) electrons. The third-order valence-corrected chi connectivity index (χ3v) is 3.34. The highest BCUT2D eigenvalue weighted by atomic mass is 16.6. The normalized spacial score (nSPS) is 10.3. The minimum atomic E-state index is -0.817. The van der Waals surface area contributed by atoms with Gasteiger partial charge in [-0.25, -0.2) is 19.7 Å². The molecule has 0 aliphatic carbocycles. The molecule has 25 heavy (non-hydrogen) atoms. The third kappa shape index (κ3) is 3.18. The summed E-state index contributed by atoms with van der Waals surface area (Å²) in [7, 11) is 1.47. The molecule has 3 heterocycles. The van der Waals surface area contributed by atoms with Gasteiger partial charge in [0, 0.05) is 6.42 Å². The van der Waals surface area contributed by atoms with Crippen LogP contribution in [0.15, 0.2) is 29.2 Å². The molecule has 1 amide bonds. The van der Waals surface area contributed by atoms with E-state index >= 15 is 0 Å². The zero-order valence-corrected chi connectivity index (χ0v) is 13.4. The molecule has 9 heteroatoms. The number of hydrogen-bond acceptors (Lipinski definition) is 8. The highest BCUT2D eigenvalue weighted by Gasteiger charge is 2.18. The lowest BCUT2D eigenvalue weighted by Gasteiger charge is -2.08. The number of amides is 1. The fourth-order valence-corrected chi connectivity index (χ4v) is 2.16. The summed E-state index contributed by atoms with van der Waals surface area (Å²) in [6, 6.07) is 3.64. The van der Waals surface area contributed by atoms with E-state index < -0.39 is 6.09 Å². The number of nitrogens with one attached hydrogen (secondary N) is 1. The number of fused-ring (bicyclic) bond motifs is 1. The molecule has 1 N–H and O–H groups in total. The van der Waals surface area contributed by atoms with Crippen LogP contribution in [0, 0.1) is 11.3 Å². The first-order valence-electron chi connectivity index (χ1n) is 7.30. The van der Waals surface area contributed by atoms with E-state index in [0.29, 0.717) is 29.0 Å². The summed E-state index contributed by atoms with van der Waals surface area (Å²) in [6.07, 6.45) is 3.71. The Kier molecular flexibility index (Phi) is 4.43. The highest BCUT2D eigenvalue weighted by molar-refractivity contribution is 5.92. The van der Waals surface area contributed by atoms with Crippen molar-refractivity contribution in [2.45, 2.75) is 13.3 Å². The number of rotatable bonds is 4. The average Bonchev–Trinajstić information content (AvgIpc) is 3.07. The van der Waals surface area contributed by atoms with Gasteiger partial charge in [-0.1, -0.05) is 6.92 Å². The summed E-state index contributed by atoms with van der Waals surface area (Å²) in [5.41, 5.74) is 0.512. The molecule has 3 aromatic heterocycles. The van der Waals surface area contributed by atoms with E-state index in [1.807, 2.05) is 13.0 Å². The van der Waals surface area contributed by atoms with Gasteiger partial charge in [-0.2, -0.15) is 5.26 Å². The Balaban J connectivity index is 1.89. The largest absolute Gasteiger partial charge is 0.478 e. The summed E-state index contributed by atoms with van der Waals surface area (Å²) in [4.78, 5) is 23.8. The molecule has 9 nitrogen and oxygen atoms in total. The number of carbonyl (C=O) groups excluding carboxylic acids is 1. The number of nitriles is 1. The second-order valence-electron chi connectivity index (χ2n) is 4.85. The van der Waals surface area contributed by atoms with E-state index in [9.17, 15) is 4.79 Å². The van der Waals surface area contributed by atoms with Crippen LogP contribution in [0.1, 0.15) is 18.2 Å². The van der Waals surface area contributed by atoms with Gasteiger partial charge in [0.05, 0.1) is 24.9 Å². The molecule has 0 aliphatic heterocycles. The minimum absolute atomic E-state index is 0.0571. The quantitative estimate of drug-likeness (QED) is 0.769. The van der Waals surface area contributed by atoms with Gasteiger partial charge in [0.2, 0.25) is 0 Å². The van der Waals surface area contributed by atoms with Crippen LogP contribution in [0.4, 0.5) is 10.6 Å². The molecular weight excluding hydrogens is 326 g/mol. The SMILES string of the molecule is CCc1cc2c(OC(=O)Nc3ncncc3C#N)cnc(OC)c2o1. The number of aromatic nitrogens is 3. The summed E-state index contributed by atoms with van der Waals surface area (Å²) in [5, 5.41) is 11.9. The highest BCUT2D eigenvalue weighted by Crippen LogP contribution is 2.34. The van der Waals surface area contributed by atoms with Gasteiger partial charge in [0.25, 0.3) is 5.88 Å². The number of aryl methyl sites for hydroxylation is 1. The van der Waals surface area contributed by atoms with Crippen molar-refractivity contribution in [2.24, 2.45) is 0 Å². The Morgan fingerprint density at radius 3 is 2.96 bits per heavy atom. The molecule has 3 aromatic rings. The van der Waals surface area contributed by atoms with E-state index in [-0.39, 0.29) is 17.1 Å². The molecule has 0 atom stereocenters. The van der Waals surface area contributed by atoms with Gasteiger partial charge in [-0.05, 0) is 6.07 Å². The summed E-state index contributed by atoms with van der Waals surface area (Å²) < 4.78 is 16.1. The van der Waals surface area contributed by atoms with E-state index in [1.165, 1.54) is 25.8 Å². The standard InChI is InChI=1S/C16H13N5O4/c1-3-10-4-11-12(7-19-15(23-2)13(11)24-10)25-16(22)21-14-9(5-17)6-18-8-20-14/h4,6-8H,3H2,1-2H3,(H,18,20,21,22). The van der Waals surface area contributed by atoms with Crippen molar-refractivity contribution in [2.75, 3.05) is 12.4 Å². The maximum atomic E-state index is 12.1. The fourth-order valence-electron chi connectivity index (χ4n) is 2.16. The summed E-state index contributed by atoms with van der Waals surface area (Å²) in [5.74, 6) is 1.25. The lowest BCUT2D eigenvalue weighted by molar-refractivity contribution is 0.215. The number of furan rings is 1. The van der Waals surface area contributed by atoms with Crippen LogP contribution in [0.2, 0.25) is 0 Å². The minimum Gasteiger partial charge on any atom is -0.478 e. The average molecular weight is 339 g/mol. The number of pyridine rings is 1. The van der Waals surface area contributed by atoms with Crippen molar-refractivity contribution in [1.82, 2.24) is 15.0 Å². The molecule has 3 rings (SSSR count). The van der Waals surface area contributed by atoms with E-state index in [1.54, 1.807) is 6.07 Å². The molecule has 0 saturated carbocycles. The predicted octanol–water partition coefficient (Wildman–Crippen LogP) is 2.67. The zero-order valence-electron chi connectivity index (χ0n) is 13.4. The van der Waals surface area contributed by atoms with Crippen LogP contribution in [0.5, 0.6) is 11.6 Å². The number of ether oxygens (including phenoxy) is 2. The van der Waals surface area contributed by atoms with Crippen molar-refractivity contribution < 1.29 is 18.7 Å². The van der Waals surface area contributed by atoms with E-state index in [0.717, 1.165) is 0 Å². The molecular formula is C16H13N5O4. The predicted molar refractivity (Wildman–Crippen MR) is 86.3 cm³/mol. The first kappa shape index (κ1) is 16.2. The molecule has 0 aliphatic rings. The van der Waals surface area contributed by atoms with E-state index in [2.05, 4.69) is 20.3 Å². The Bertz CT molecular complexity index is 976. The van der Waals surface area contributed by atoms with Gasteiger partial charge in [-0.15, -0.1) is 0 Å². The van der Waals surface area contributed by atoms with Crippen LogP contribution in [-0.2, 0) is 6.42 Å². The van der Waals surface area contributed by atoms with E-state index in [4.69, 9.17) is 19.2 Å². The number of hydrogen-bond donors (Lipinski definition) is 1. The smallest absolute Gasteiger partial charge is 0.418 e. The van der Waals surface area contributed by atoms with Crippen molar-refractivity contribution in [1.29, 1.82) is 5.26 Å². The van der Waals surface area contributed by atoms with Crippen molar-refractivity contribution in [3.63, 3.8) is 0 Å². The zero-order chi connectivity index (χ0) is 17.8. The lowest BCUT2D eigenvalue weighted by atomic mass is 10.2. The molecule has 0 aromatic carbocycles. The second-order valence-corrected chi connectivity index (χ2v) is 4.85. The van der Waals surface area contributed by atoms with Gasteiger partial charge >= 0.3 is 6.09 Å². The molecule has 126 valence electrons. The molecule has 0 spiro atoms.